The molecule has 0 fully saturated rings. The maximum Gasteiger partial charge on any atom is 0.226 e. The Labute approximate surface area is 75.5 Å². The van der Waals surface area contributed by atoms with Crippen LogP contribution in [-0.4, -0.2) is 21.6 Å². The number of nitrogens with one attached hydrogen (secondary N) is 1. The van der Waals surface area contributed by atoms with Crippen molar-refractivity contribution in [3.8, 4) is 0 Å². The number of aromatic nitrogens is 2. The van der Waals surface area contributed by atoms with Gasteiger partial charge in [-0.1, -0.05) is 0 Å². The molecule has 0 spiro atoms. The molecule has 0 atom stereocenters. The van der Waals surface area contributed by atoms with Crippen molar-refractivity contribution in [2.45, 2.75) is 6.42 Å². The van der Waals surface area contributed by atoms with E-state index in [0.717, 1.165) is 0 Å². The Balaban J connectivity index is 2.46. The normalized spacial score (nSPS) is 9.83. The van der Waals surface area contributed by atoms with Crippen LogP contribution in [0.5, 0.6) is 0 Å². The highest BCUT2D eigenvalue weighted by molar-refractivity contribution is 6.19. The summed E-state index contributed by atoms with van der Waals surface area (Å²) in [5.74, 6) is 0.787. The third-order valence-electron chi connectivity index (χ3n) is 1.30. The van der Waals surface area contributed by atoms with E-state index < -0.39 is 0 Å². The molecule has 0 bridgehead atoms. The molecule has 66 valence electrons. The van der Waals surface area contributed by atoms with Crippen LogP contribution in [0.2, 0.25) is 0 Å². The smallest absolute Gasteiger partial charge is 0.226 e. The van der Waals surface area contributed by atoms with Gasteiger partial charge in [0, 0.05) is 31.6 Å². The minimum Gasteiger partial charge on any atom is -0.309 e. The number of hydrogen-bond acceptors (Lipinski definition) is 2. The first-order valence-corrected chi connectivity index (χ1v) is 4.11. The quantitative estimate of drug-likeness (QED) is 0.718. The van der Waals surface area contributed by atoms with Gasteiger partial charge in [-0.3, -0.25) is 9.48 Å². The highest BCUT2D eigenvalue weighted by Crippen LogP contribution is 2.01. The molecule has 0 aliphatic carbocycles. The Morgan fingerprint density at radius 2 is 2.58 bits per heavy atom. The molecule has 0 aliphatic rings. The van der Waals surface area contributed by atoms with Gasteiger partial charge in [-0.15, -0.1) is 11.6 Å². The van der Waals surface area contributed by atoms with Gasteiger partial charge in [-0.05, 0) is 0 Å². The monoisotopic (exact) mass is 187 g/mol. The summed E-state index contributed by atoms with van der Waals surface area (Å²) in [4.78, 5) is 11.0. The minimum absolute atomic E-state index is 0.108. The number of aryl methyl sites for hydroxylation is 1. The van der Waals surface area contributed by atoms with Crippen LogP contribution in [0.1, 0.15) is 6.42 Å². The van der Waals surface area contributed by atoms with E-state index in [2.05, 4.69) is 10.4 Å². The van der Waals surface area contributed by atoms with Crippen LogP contribution < -0.4 is 5.32 Å². The van der Waals surface area contributed by atoms with Crippen molar-refractivity contribution in [3.05, 3.63) is 12.3 Å². The molecule has 1 amide bonds. The Bertz CT molecular complexity index is 271. The third kappa shape index (κ3) is 2.54. The maximum atomic E-state index is 11.0. The van der Waals surface area contributed by atoms with Gasteiger partial charge >= 0.3 is 0 Å². The van der Waals surface area contributed by atoms with Crippen LogP contribution in [0.3, 0.4) is 0 Å². The van der Waals surface area contributed by atoms with Crippen molar-refractivity contribution < 1.29 is 4.79 Å². The lowest BCUT2D eigenvalue weighted by atomic mass is 10.4. The van der Waals surface area contributed by atoms with Crippen molar-refractivity contribution >= 4 is 23.3 Å². The van der Waals surface area contributed by atoms with Crippen LogP contribution in [-0.2, 0) is 11.8 Å². The van der Waals surface area contributed by atoms with Crippen molar-refractivity contribution in [2.75, 3.05) is 11.2 Å². The molecule has 1 aromatic rings. The predicted octanol–water partition coefficient (Wildman–Crippen LogP) is 0.987. The van der Waals surface area contributed by atoms with E-state index in [0.29, 0.717) is 18.1 Å². The van der Waals surface area contributed by atoms with Gasteiger partial charge in [0.15, 0.2) is 5.82 Å². The zero-order valence-corrected chi connectivity index (χ0v) is 7.51. The summed E-state index contributed by atoms with van der Waals surface area (Å²) in [6, 6.07) is 1.73. The molecule has 0 saturated heterocycles. The van der Waals surface area contributed by atoms with Gasteiger partial charge in [0.1, 0.15) is 0 Å². The fraction of sp³-hybridized carbons (Fsp3) is 0.429. The predicted molar refractivity (Wildman–Crippen MR) is 47.2 cm³/mol. The average molecular weight is 188 g/mol. The Morgan fingerprint density at radius 3 is 3.08 bits per heavy atom. The van der Waals surface area contributed by atoms with E-state index in [1.807, 2.05) is 0 Å². The fourth-order valence-corrected chi connectivity index (χ4v) is 0.945. The topological polar surface area (TPSA) is 46.9 Å². The molecule has 0 unspecified atom stereocenters. The van der Waals surface area contributed by atoms with E-state index in [1.54, 1.807) is 24.0 Å². The summed E-state index contributed by atoms with van der Waals surface area (Å²) >= 11 is 5.38. The van der Waals surface area contributed by atoms with Crippen LogP contribution >= 0.6 is 11.6 Å². The first-order valence-electron chi connectivity index (χ1n) is 3.58. The lowest BCUT2D eigenvalue weighted by Crippen LogP contribution is -2.12. The van der Waals surface area contributed by atoms with Crippen LogP contribution in [0.4, 0.5) is 5.82 Å². The molecular formula is C7H10ClN3O. The first kappa shape index (κ1) is 9.06. The maximum absolute atomic E-state index is 11.0. The van der Waals surface area contributed by atoms with Crippen molar-refractivity contribution in [2.24, 2.45) is 7.05 Å². The highest BCUT2D eigenvalue weighted by atomic mass is 35.5. The van der Waals surface area contributed by atoms with E-state index in [9.17, 15) is 4.79 Å². The van der Waals surface area contributed by atoms with Gasteiger partial charge in [0.2, 0.25) is 5.91 Å². The number of amides is 1. The molecule has 1 N–H and O–H groups in total. The number of alkyl halides is 1. The first-order chi connectivity index (χ1) is 5.72. The lowest BCUT2D eigenvalue weighted by molar-refractivity contribution is -0.115. The van der Waals surface area contributed by atoms with Gasteiger partial charge in [-0.25, -0.2) is 0 Å². The largest absolute Gasteiger partial charge is 0.309 e. The number of carbonyl (C=O) groups excluding carboxylic acids is 1. The average Bonchev–Trinajstić information content (AvgIpc) is 2.36. The standard InChI is InChI=1S/C7H10ClN3O/c1-11-5-3-6(10-11)9-7(12)2-4-8/h3,5H,2,4H2,1H3,(H,9,10,12). The molecular weight excluding hydrogens is 178 g/mol. The second kappa shape index (κ2) is 4.11. The van der Waals surface area contributed by atoms with Crippen LogP contribution in [0, 0.1) is 0 Å². The zero-order chi connectivity index (χ0) is 8.97. The van der Waals surface area contributed by atoms with Crippen molar-refractivity contribution in [1.82, 2.24) is 9.78 Å². The van der Waals surface area contributed by atoms with E-state index in [-0.39, 0.29) is 5.91 Å². The van der Waals surface area contributed by atoms with Crippen LogP contribution in [0.15, 0.2) is 12.3 Å². The van der Waals surface area contributed by atoms with E-state index >= 15 is 0 Å². The van der Waals surface area contributed by atoms with Crippen molar-refractivity contribution in [3.63, 3.8) is 0 Å². The molecule has 1 aromatic heterocycles. The molecule has 0 saturated carbocycles. The summed E-state index contributed by atoms with van der Waals surface area (Å²) in [7, 11) is 1.79. The summed E-state index contributed by atoms with van der Waals surface area (Å²) in [5.41, 5.74) is 0. The number of carbonyl (C=O) groups is 1. The summed E-state index contributed by atoms with van der Waals surface area (Å²) in [5, 5.41) is 6.58. The molecule has 1 heterocycles. The van der Waals surface area contributed by atoms with Gasteiger partial charge in [-0.2, -0.15) is 5.10 Å². The second-order valence-corrected chi connectivity index (χ2v) is 2.74. The number of anilines is 1. The molecule has 12 heavy (non-hydrogen) atoms. The van der Waals surface area contributed by atoms with Gasteiger partial charge in [0.05, 0.1) is 0 Å². The molecule has 0 aromatic carbocycles. The SMILES string of the molecule is Cn1ccc(NC(=O)CCCl)n1. The Kier molecular flexibility index (Phi) is 3.10. The molecule has 0 aliphatic heterocycles. The van der Waals surface area contributed by atoms with Gasteiger partial charge < -0.3 is 5.32 Å². The molecule has 0 radical (unpaired) electrons. The van der Waals surface area contributed by atoms with Gasteiger partial charge in [0.25, 0.3) is 0 Å². The Hall–Kier alpha value is -1.03. The zero-order valence-electron chi connectivity index (χ0n) is 6.75. The van der Waals surface area contributed by atoms with Crippen LogP contribution in [0.25, 0.3) is 0 Å². The molecule has 4 nitrogen and oxygen atoms in total. The van der Waals surface area contributed by atoms with E-state index in [1.165, 1.54) is 0 Å². The number of rotatable bonds is 3. The number of halogens is 1. The van der Waals surface area contributed by atoms with Crippen molar-refractivity contribution in [1.29, 1.82) is 0 Å². The summed E-state index contributed by atoms with van der Waals surface area (Å²) in [6.07, 6.45) is 2.08. The fourth-order valence-electron chi connectivity index (χ4n) is 0.773. The lowest BCUT2D eigenvalue weighted by Gasteiger charge is -1.97. The number of nitrogens with zero attached hydrogens (tertiary/aromatic N) is 2. The highest BCUT2D eigenvalue weighted by Gasteiger charge is 2.02. The minimum atomic E-state index is -0.108. The molecule has 5 heteroatoms. The number of hydrogen-bond donors (Lipinski definition) is 1. The summed E-state index contributed by atoms with van der Waals surface area (Å²) < 4.78 is 1.62. The Morgan fingerprint density at radius 1 is 1.83 bits per heavy atom. The third-order valence-corrected chi connectivity index (χ3v) is 1.49. The summed E-state index contributed by atoms with van der Waals surface area (Å²) in [6.45, 7) is 0. The van der Waals surface area contributed by atoms with E-state index in [4.69, 9.17) is 11.6 Å². The second-order valence-electron chi connectivity index (χ2n) is 2.36. The molecule has 1 rings (SSSR count).